The summed E-state index contributed by atoms with van der Waals surface area (Å²) in [5.41, 5.74) is 2.00. The quantitative estimate of drug-likeness (QED) is 0.804. The fourth-order valence-corrected chi connectivity index (χ4v) is 4.22. The minimum atomic E-state index is -0.814. The van der Waals surface area contributed by atoms with E-state index < -0.39 is 17.7 Å². The number of hydrogen-bond acceptors (Lipinski definition) is 5. The average Bonchev–Trinajstić information content (AvgIpc) is 2.67. The lowest BCUT2D eigenvalue weighted by Crippen LogP contribution is -2.50. The van der Waals surface area contributed by atoms with Crippen LogP contribution in [0.4, 0.5) is 4.39 Å². The lowest BCUT2D eigenvalue weighted by molar-refractivity contribution is -0.137. The molecule has 0 saturated carbocycles. The predicted octanol–water partition coefficient (Wildman–Crippen LogP) is 1.79. The van der Waals surface area contributed by atoms with Crippen LogP contribution in [0.3, 0.4) is 0 Å². The number of halogens is 1. The van der Waals surface area contributed by atoms with Gasteiger partial charge in [0.2, 0.25) is 0 Å². The first-order valence-corrected chi connectivity index (χ1v) is 8.93. The highest BCUT2D eigenvalue weighted by atomic mass is 19.1. The zero-order valence-corrected chi connectivity index (χ0v) is 14.9. The maximum absolute atomic E-state index is 13.9. The maximum atomic E-state index is 13.9. The van der Waals surface area contributed by atoms with Crippen LogP contribution in [0.15, 0.2) is 46.8 Å². The Labute approximate surface area is 155 Å². The summed E-state index contributed by atoms with van der Waals surface area (Å²) in [6.07, 6.45) is 1.69. The molecule has 2 aliphatic heterocycles. The summed E-state index contributed by atoms with van der Waals surface area (Å²) < 4.78 is 18.9. The summed E-state index contributed by atoms with van der Waals surface area (Å²) in [6.45, 7) is 0.899. The standard InChI is InChI=1S/C20H19FN2O4/c1-27-20(26)17-15(11-4-2-5-12(21)10-11)16-13(6-3-7-14(16)24)23-9-8-22-19(25)18(17)23/h2,4-5,10,15H,3,6-9H2,1H3,(H,22,25). The van der Waals surface area contributed by atoms with Crippen molar-refractivity contribution in [2.24, 2.45) is 0 Å². The Morgan fingerprint density at radius 3 is 2.85 bits per heavy atom. The minimum absolute atomic E-state index is 0.0723. The topological polar surface area (TPSA) is 75.7 Å². The van der Waals surface area contributed by atoms with Crippen molar-refractivity contribution in [2.75, 3.05) is 20.2 Å². The number of ketones is 1. The van der Waals surface area contributed by atoms with E-state index in [-0.39, 0.29) is 23.0 Å². The van der Waals surface area contributed by atoms with E-state index in [1.165, 1.54) is 25.3 Å². The first-order chi connectivity index (χ1) is 13.0. The number of carbonyl (C=O) groups is 3. The zero-order chi connectivity index (χ0) is 19.1. The Morgan fingerprint density at radius 1 is 1.30 bits per heavy atom. The monoisotopic (exact) mass is 370 g/mol. The lowest BCUT2D eigenvalue weighted by Gasteiger charge is -2.43. The molecule has 0 bridgehead atoms. The van der Waals surface area contributed by atoms with E-state index in [0.717, 1.165) is 5.70 Å². The van der Waals surface area contributed by atoms with Gasteiger partial charge in [0.15, 0.2) is 5.78 Å². The third-order valence-electron chi connectivity index (χ3n) is 5.28. The molecular formula is C20H19FN2O4. The van der Waals surface area contributed by atoms with E-state index in [9.17, 15) is 18.8 Å². The van der Waals surface area contributed by atoms with Crippen LogP contribution in [0.2, 0.25) is 0 Å². The average molecular weight is 370 g/mol. The van der Waals surface area contributed by atoms with Gasteiger partial charge in [-0.25, -0.2) is 9.18 Å². The van der Waals surface area contributed by atoms with Crippen LogP contribution in [0.5, 0.6) is 0 Å². The third kappa shape index (κ3) is 2.74. The summed E-state index contributed by atoms with van der Waals surface area (Å²) in [7, 11) is 1.23. The number of carbonyl (C=O) groups excluding carboxylic acids is 3. The summed E-state index contributed by atoms with van der Waals surface area (Å²) in [5, 5.41) is 2.75. The second-order valence-electron chi connectivity index (χ2n) is 6.79. The van der Waals surface area contributed by atoms with Gasteiger partial charge >= 0.3 is 5.97 Å². The fourth-order valence-electron chi connectivity index (χ4n) is 4.22. The van der Waals surface area contributed by atoms with Gasteiger partial charge < -0.3 is 15.0 Å². The largest absolute Gasteiger partial charge is 0.466 e. The molecule has 0 aromatic heterocycles. The molecular weight excluding hydrogens is 351 g/mol. The van der Waals surface area contributed by atoms with Crippen LogP contribution in [-0.2, 0) is 19.1 Å². The Morgan fingerprint density at radius 2 is 2.11 bits per heavy atom. The van der Waals surface area contributed by atoms with E-state index in [4.69, 9.17) is 4.74 Å². The van der Waals surface area contributed by atoms with E-state index in [1.807, 2.05) is 0 Å². The lowest BCUT2D eigenvalue weighted by atomic mass is 9.74. The van der Waals surface area contributed by atoms with Crippen molar-refractivity contribution >= 4 is 17.7 Å². The number of nitrogens with one attached hydrogen (secondary N) is 1. The molecule has 1 amide bonds. The second kappa shape index (κ2) is 6.64. The second-order valence-corrected chi connectivity index (χ2v) is 6.79. The minimum Gasteiger partial charge on any atom is -0.466 e. The molecule has 4 rings (SSSR count). The van der Waals surface area contributed by atoms with Gasteiger partial charge in [0.25, 0.3) is 5.91 Å². The predicted molar refractivity (Wildman–Crippen MR) is 93.8 cm³/mol. The van der Waals surface area contributed by atoms with Gasteiger partial charge in [0.1, 0.15) is 11.5 Å². The first-order valence-electron chi connectivity index (χ1n) is 8.93. The normalized spacial score (nSPS) is 22.3. The van der Waals surface area contributed by atoms with Crippen LogP contribution < -0.4 is 5.32 Å². The highest BCUT2D eigenvalue weighted by Crippen LogP contribution is 2.46. The van der Waals surface area contributed by atoms with Crippen LogP contribution >= 0.6 is 0 Å². The first kappa shape index (κ1) is 17.5. The van der Waals surface area contributed by atoms with Gasteiger partial charge in [0, 0.05) is 36.7 Å². The van der Waals surface area contributed by atoms with Crippen LogP contribution in [0.1, 0.15) is 30.7 Å². The van der Waals surface area contributed by atoms with E-state index in [1.54, 1.807) is 11.0 Å². The van der Waals surface area contributed by atoms with Gasteiger partial charge in [0.05, 0.1) is 12.7 Å². The number of amides is 1. The van der Waals surface area contributed by atoms with Crippen molar-refractivity contribution in [2.45, 2.75) is 25.2 Å². The molecule has 1 saturated heterocycles. The number of rotatable bonds is 2. The Bertz CT molecular complexity index is 918. The van der Waals surface area contributed by atoms with Gasteiger partial charge in [-0.2, -0.15) is 0 Å². The van der Waals surface area contributed by atoms with Crippen molar-refractivity contribution < 1.29 is 23.5 Å². The fraction of sp³-hybridized carbons (Fsp3) is 0.350. The molecule has 1 aromatic carbocycles. The van der Waals surface area contributed by atoms with Gasteiger partial charge in [-0.15, -0.1) is 0 Å². The van der Waals surface area contributed by atoms with Gasteiger partial charge in [-0.3, -0.25) is 9.59 Å². The third-order valence-corrected chi connectivity index (χ3v) is 5.28. The summed E-state index contributed by atoms with van der Waals surface area (Å²) in [6, 6.07) is 5.80. The Hall–Kier alpha value is -2.96. The van der Waals surface area contributed by atoms with Crippen molar-refractivity contribution in [3.63, 3.8) is 0 Å². The van der Waals surface area contributed by atoms with Crippen molar-refractivity contribution in [1.29, 1.82) is 0 Å². The molecule has 3 aliphatic rings. The summed E-state index contributed by atoms with van der Waals surface area (Å²) >= 11 is 0. The molecule has 1 aromatic rings. The molecule has 1 N–H and O–H groups in total. The Kier molecular flexibility index (Phi) is 4.30. The van der Waals surface area contributed by atoms with E-state index >= 15 is 0 Å². The SMILES string of the molecule is COC(=O)C1=C2C(=O)NCCN2C2=C(C(=O)CCC2)C1c1cccc(F)c1. The number of fused-ring (bicyclic) bond motifs is 2. The number of allylic oxidation sites excluding steroid dienone is 2. The Balaban J connectivity index is 2.02. The molecule has 0 spiro atoms. The van der Waals surface area contributed by atoms with Crippen LogP contribution in [-0.4, -0.2) is 42.8 Å². The number of ether oxygens (including phenoxy) is 1. The number of esters is 1. The molecule has 1 unspecified atom stereocenters. The molecule has 27 heavy (non-hydrogen) atoms. The molecule has 7 heteroatoms. The zero-order valence-electron chi connectivity index (χ0n) is 14.9. The molecule has 1 fully saturated rings. The van der Waals surface area contributed by atoms with Gasteiger partial charge in [-0.1, -0.05) is 12.1 Å². The van der Waals surface area contributed by atoms with E-state index in [0.29, 0.717) is 43.5 Å². The van der Waals surface area contributed by atoms with E-state index in [2.05, 4.69) is 5.32 Å². The number of methoxy groups -OCH3 is 1. The molecule has 2 heterocycles. The number of benzene rings is 1. The molecule has 1 atom stereocenters. The van der Waals surface area contributed by atoms with Crippen molar-refractivity contribution in [1.82, 2.24) is 10.2 Å². The highest BCUT2D eigenvalue weighted by Gasteiger charge is 2.45. The number of hydrogen-bond donors (Lipinski definition) is 1. The van der Waals surface area contributed by atoms with Crippen molar-refractivity contribution in [3.8, 4) is 0 Å². The van der Waals surface area contributed by atoms with Crippen LogP contribution in [0, 0.1) is 5.82 Å². The summed E-state index contributed by atoms with van der Waals surface area (Å²) in [5.74, 6) is -2.43. The molecule has 1 aliphatic carbocycles. The maximum Gasteiger partial charge on any atom is 0.337 e. The van der Waals surface area contributed by atoms with Crippen molar-refractivity contribution in [3.05, 3.63) is 58.2 Å². The number of Topliss-reactive ketones (excluding diaryl/α,β-unsaturated/α-hetero) is 1. The molecule has 6 nitrogen and oxygen atoms in total. The van der Waals surface area contributed by atoms with Gasteiger partial charge in [-0.05, 0) is 30.5 Å². The highest BCUT2D eigenvalue weighted by molar-refractivity contribution is 6.09. The smallest absolute Gasteiger partial charge is 0.337 e. The van der Waals surface area contributed by atoms with Crippen LogP contribution in [0.25, 0.3) is 0 Å². The molecule has 140 valence electrons. The number of nitrogens with zero attached hydrogens (tertiary/aromatic N) is 1. The summed E-state index contributed by atoms with van der Waals surface area (Å²) in [4.78, 5) is 40.0. The number of piperazine rings is 1. The molecule has 0 radical (unpaired) electrons.